The second-order valence-electron chi connectivity index (χ2n) is 6.82. The van der Waals surface area contributed by atoms with E-state index in [1.807, 2.05) is 12.1 Å². The molecule has 0 bridgehead atoms. The predicted octanol–water partition coefficient (Wildman–Crippen LogP) is 5.12. The molecular formula is C20H15BrClNO4S2. The summed E-state index contributed by atoms with van der Waals surface area (Å²) in [5, 5.41) is 10.4. The Balaban J connectivity index is 1.61. The van der Waals surface area contributed by atoms with E-state index in [1.165, 1.54) is 6.07 Å². The summed E-state index contributed by atoms with van der Waals surface area (Å²) in [6.07, 6.45) is 0.202. The van der Waals surface area contributed by atoms with Crippen LogP contribution in [-0.2, 0) is 14.8 Å². The molecule has 0 aliphatic heterocycles. The third-order valence-corrected chi connectivity index (χ3v) is 8.77. The molecule has 2 N–H and O–H groups in total. The van der Waals surface area contributed by atoms with Crippen molar-refractivity contribution in [3.05, 3.63) is 75.7 Å². The van der Waals surface area contributed by atoms with E-state index in [1.54, 1.807) is 42.5 Å². The number of nitrogens with one attached hydrogen (secondary N) is 1. The van der Waals surface area contributed by atoms with E-state index in [9.17, 15) is 18.3 Å². The number of halogens is 2. The largest absolute Gasteiger partial charge is 0.480 e. The summed E-state index contributed by atoms with van der Waals surface area (Å²) in [7, 11) is -4.00. The van der Waals surface area contributed by atoms with Crippen LogP contribution in [0, 0.1) is 0 Å². The van der Waals surface area contributed by atoms with Crippen molar-refractivity contribution >= 4 is 54.9 Å². The maximum atomic E-state index is 12.9. The number of carboxylic acids is 1. The minimum Gasteiger partial charge on any atom is -0.480 e. The van der Waals surface area contributed by atoms with Crippen LogP contribution in [0.5, 0.6) is 0 Å². The van der Waals surface area contributed by atoms with Gasteiger partial charge in [0.2, 0.25) is 0 Å². The van der Waals surface area contributed by atoms with Crippen molar-refractivity contribution in [1.82, 2.24) is 4.72 Å². The Morgan fingerprint density at radius 2 is 1.90 bits per heavy atom. The number of carbonyl (C=O) groups is 1. The summed E-state index contributed by atoms with van der Waals surface area (Å²) < 4.78 is 29.2. The van der Waals surface area contributed by atoms with Gasteiger partial charge in [0, 0.05) is 20.3 Å². The Kier molecular flexibility index (Phi) is 5.33. The average molecular weight is 513 g/mol. The van der Waals surface area contributed by atoms with Gasteiger partial charge >= 0.3 is 5.97 Å². The normalized spacial score (nSPS) is 21.1. The van der Waals surface area contributed by atoms with Gasteiger partial charge in [-0.05, 0) is 53.9 Å². The second-order valence-corrected chi connectivity index (χ2v) is 11.2. The molecular weight excluding hydrogens is 498 g/mol. The molecule has 1 fully saturated rings. The number of carboxylic acid groups (broad SMARTS) is 1. The molecule has 1 aromatic heterocycles. The van der Waals surface area contributed by atoms with Crippen molar-refractivity contribution in [3.8, 4) is 10.4 Å². The van der Waals surface area contributed by atoms with Crippen LogP contribution in [0.15, 0.2) is 69.3 Å². The molecule has 1 aliphatic rings. The van der Waals surface area contributed by atoms with Crippen LogP contribution < -0.4 is 4.72 Å². The molecule has 0 spiro atoms. The Labute approximate surface area is 185 Å². The van der Waals surface area contributed by atoms with Crippen molar-refractivity contribution in [2.75, 3.05) is 0 Å². The van der Waals surface area contributed by atoms with Gasteiger partial charge in [-0.15, -0.1) is 11.3 Å². The quantitative estimate of drug-likeness (QED) is 0.480. The van der Waals surface area contributed by atoms with E-state index in [2.05, 4.69) is 20.7 Å². The van der Waals surface area contributed by atoms with E-state index in [-0.39, 0.29) is 10.6 Å². The fourth-order valence-corrected chi connectivity index (χ4v) is 6.56. The maximum absolute atomic E-state index is 12.9. The number of thiophene rings is 1. The number of sulfonamides is 1. The summed E-state index contributed by atoms with van der Waals surface area (Å²) in [5.74, 6) is -1.61. The Hall–Kier alpha value is -1.71. The van der Waals surface area contributed by atoms with Crippen molar-refractivity contribution in [2.45, 2.75) is 22.1 Å². The highest BCUT2D eigenvalue weighted by molar-refractivity contribution is 9.10. The van der Waals surface area contributed by atoms with Gasteiger partial charge in [0.1, 0.15) is 9.75 Å². The molecule has 1 heterocycles. The van der Waals surface area contributed by atoms with Crippen LogP contribution in [-0.4, -0.2) is 25.0 Å². The minimum absolute atomic E-state index is 0.0722. The monoisotopic (exact) mass is 511 g/mol. The number of hydrogen-bond donors (Lipinski definition) is 2. The van der Waals surface area contributed by atoms with Crippen LogP contribution in [0.1, 0.15) is 17.9 Å². The molecule has 1 saturated carbocycles. The highest BCUT2D eigenvalue weighted by Crippen LogP contribution is 2.53. The Bertz CT molecular complexity index is 1190. The number of aliphatic carboxylic acids is 1. The van der Waals surface area contributed by atoms with Crippen molar-refractivity contribution in [1.29, 1.82) is 0 Å². The smallest absolute Gasteiger partial charge is 0.325 e. The molecule has 4 rings (SSSR count). The fraction of sp³-hybridized carbons (Fsp3) is 0.150. The van der Waals surface area contributed by atoms with Gasteiger partial charge in [0.25, 0.3) is 10.0 Å². The Morgan fingerprint density at radius 1 is 1.17 bits per heavy atom. The maximum Gasteiger partial charge on any atom is 0.325 e. The van der Waals surface area contributed by atoms with E-state index in [4.69, 9.17) is 11.6 Å². The summed E-state index contributed by atoms with van der Waals surface area (Å²) in [4.78, 5) is 12.7. The molecule has 0 radical (unpaired) electrons. The lowest BCUT2D eigenvalue weighted by molar-refractivity contribution is -0.140. The molecule has 0 amide bonds. The third kappa shape index (κ3) is 4.00. The number of rotatable bonds is 6. The molecule has 9 heteroatoms. The van der Waals surface area contributed by atoms with Crippen LogP contribution in [0.3, 0.4) is 0 Å². The summed E-state index contributed by atoms with van der Waals surface area (Å²) in [6.45, 7) is 0. The van der Waals surface area contributed by atoms with Crippen molar-refractivity contribution in [2.24, 2.45) is 0 Å². The highest BCUT2D eigenvalue weighted by atomic mass is 79.9. The number of hydrogen-bond acceptors (Lipinski definition) is 4. The fourth-order valence-electron chi connectivity index (χ4n) is 3.31. The van der Waals surface area contributed by atoms with Gasteiger partial charge in [0.05, 0.1) is 0 Å². The average Bonchev–Trinajstić information content (AvgIpc) is 3.16. The van der Waals surface area contributed by atoms with E-state index in [0.717, 1.165) is 31.8 Å². The van der Waals surface area contributed by atoms with Gasteiger partial charge in [-0.1, -0.05) is 51.8 Å². The summed E-state index contributed by atoms with van der Waals surface area (Å²) in [6, 6.07) is 17.5. The lowest BCUT2D eigenvalue weighted by Gasteiger charge is -2.15. The molecule has 29 heavy (non-hydrogen) atoms. The molecule has 2 aromatic carbocycles. The topological polar surface area (TPSA) is 83.5 Å². The van der Waals surface area contributed by atoms with Gasteiger partial charge in [-0.25, -0.2) is 8.42 Å². The SMILES string of the molecule is O=C(O)[C@@]1(NS(=O)(=O)c2ccc(-c3ccc(Cl)cc3)s2)C[C@@H]1c1cccc(Br)c1. The van der Waals surface area contributed by atoms with E-state index >= 15 is 0 Å². The summed E-state index contributed by atoms with van der Waals surface area (Å²) >= 11 is 10.4. The highest BCUT2D eigenvalue weighted by Gasteiger charge is 2.63. The molecule has 3 aromatic rings. The minimum atomic E-state index is -4.00. The first-order valence-electron chi connectivity index (χ1n) is 8.60. The van der Waals surface area contributed by atoms with Crippen LogP contribution in [0.2, 0.25) is 5.02 Å². The van der Waals surface area contributed by atoms with Gasteiger partial charge < -0.3 is 5.11 Å². The van der Waals surface area contributed by atoms with Crippen molar-refractivity contribution < 1.29 is 18.3 Å². The van der Waals surface area contributed by atoms with Crippen LogP contribution >= 0.6 is 38.9 Å². The van der Waals surface area contributed by atoms with Crippen LogP contribution in [0.25, 0.3) is 10.4 Å². The molecule has 150 valence electrons. The first-order valence-corrected chi connectivity index (χ1v) is 12.1. The lowest BCUT2D eigenvalue weighted by Crippen LogP contribution is -2.44. The van der Waals surface area contributed by atoms with Crippen molar-refractivity contribution in [3.63, 3.8) is 0 Å². The third-order valence-electron chi connectivity index (χ3n) is 4.88. The van der Waals surface area contributed by atoms with Gasteiger partial charge in [-0.3, -0.25) is 4.79 Å². The zero-order valence-corrected chi connectivity index (χ0v) is 18.8. The van der Waals surface area contributed by atoms with Gasteiger partial charge in [-0.2, -0.15) is 4.72 Å². The predicted molar refractivity (Wildman–Crippen MR) is 117 cm³/mol. The second kappa shape index (κ2) is 7.52. The first kappa shape index (κ1) is 20.6. The van der Waals surface area contributed by atoms with Crippen LogP contribution in [0.4, 0.5) is 0 Å². The molecule has 0 unspecified atom stereocenters. The van der Waals surface area contributed by atoms with E-state index in [0.29, 0.717) is 5.02 Å². The van der Waals surface area contributed by atoms with Gasteiger partial charge in [0.15, 0.2) is 0 Å². The standard InChI is InChI=1S/C20H15BrClNO4S2/c21-14-3-1-2-13(10-14)16-11-20(16,19(24)25)23-29(26,27)18-9-8-17(28-18)12-4-6-15(22)7-5-12/h1-10,16,23H,11H2,(H,24,25)/t16-,20-/m1/s1. The molecule has 0 saturated heterocycles. The zero-order chi connectivity index (χ0) is 20.8. The number of benzene rings is 2. The molecule has 2 atom stereocenters. The molecule has 1 aliphatic carbocycles. The zero-order valence-electron chi connectivity index (χ0n) is 14.8. The lowest BCUT2D eigenvalue weighted by atomic mass is 10.1. The summed E-state index contributed by atoms with van der Waals surface area (Å²) in [5.41, 5.74) is 0.0779. The Morgan fingerprint density at radius 3 is 2.55 bits per heavy atom. The first-order chi connectivity index (χ1) is 13.7. The van der Waals surface area contributed by atoms with E-state index < -0.39 is 27.4 Å². The molecule has 5 nitrogen and oxygen atoms in total.